The van der Waals surface area contributed by atoms with Crippen molar-refractivity contribution in [2.75, 3.05) is 13.2 Å². The van der Waals surface area contributed by atoms with Crippen LogP contribution in [-0.2, 0) is 13.6 Å². The van der Waals surface area contributed by atoms with Gasteiger partial charge in [-0.1, -0.05) is 0 Å². The minimum atomic E-state index is -8.36. The first-order chi connectivity index (χ1) is 19.9. The summed E-state index contributed by atoms with van der Waals surface area (Å²) < 4.78 is 355. The molecule has 0 aromatic heterocycles. The Kier molecular flexibility index (Phi) is 11.8. The predicted octanol–water partition coefficient (Wildman–Crippen LogP) is 9.38. The second-order valence-corrected chi connectivity index (χ2v) is 10.1. The van der Waals surface area contributed by atoms with Gasteiger partial charge in [-0.3, -0.25) is 9.05 Å². The molecule has 0 aliphatic carbocycles. The lowest BCUT2D eigenvalue weighted by molar-refractivity contribution is -0.440. The summed E-state index contributed by atoms with van der Waals surface area (Å²) in [5, 5.41) is 0. The monoisotopic (exact) mass is 790 g/mol. The first-order valence-electron chi connectivity index (χ1n) is 10.4. The van der Waals surface area contributed by atoms with Crippen LogP contribution in [0.5, 0.6) is 0 Å². The van der Waals surface area contributed by atoms with Crippen molar-refractivity contribution in [3.63, 3.8) is 0 Å². The minimum absolute atomic E-state index is 2.79. The number of hydrogen-bond acceptors (Lipinski definition) is 3. The molecule has 0 radical (unpaired) electrons. The maximum Gasteiger partial charge on any atom is 0.472 e. The molecule has 0 spiro atoms. The summed E-state index contributed by atoms with van der Waals surface area (Å²) in [6.07, 6.45) is -22.3. The van der Waals surface area contributed by atoms with Gasteiger partial charge in [0.05, 0.1) is 13.2 Å². The maximum atomic E-state index is 13.6. The zero-order valence-corrected chi connectivity index (χ0v) is 21.7. The lowest BCUT2D eigenvalue weighted by Crippen LogP contribution is -2.70. The molecule has 4 nitrogen and oxygen atoms in total. The molecule has 47 heavy (non-hydrogen) atoms. The van der Waals surface area contributed by atoms with Crippen LogP contribution in [-0.4, -0.2) is 89.7 Å². The van der Waals surface area contributed by atoms with E-state index in [2.05, 4.69) is 9.05 Å². The van der Waals surface area contributed by atoms with E-state index in [4.69, 9.17) is 4.89 Å². The molecule has 0 heterocycles. The topological polar surface area (TPSA) is 55.8 Å². The third kappa shape index (κ3) is 7.28. The summed E-state index contributed by atoms with van der Waals surface area (Å²) in [6.45, 7) is -5.59. The Morgan fingerprint density at radius 1 is 0.362 bits per heavy atom. The van der Waals surface area contributed by atoms with Gasteiger partial charge in [-0.15, -0.1) is 0 Å². The normalized spacial score (nSPS) is 16.6. The van der Waals surface area contributed by atoms with E-state index in [1.54, 1.807) is 0 Å². The quantitative estimate of drug-likeness (QED) is 0.125. The minimum Gasteiger partial charge on any atom is -0.302 e. The third-order valence-electron chi connectivity index (χ3n) is 5.34. The Labute approximate surface area is 239 Å². The van der Waals surface area contributed by atoms with Gasteiger partial charge >= 0.3 is 79.4 Å². The standard InChI is InChI=1S/C16H9F26O4P/c17-5(18,7(21,22)9(25,26)11(29,30)13(33,34)15(37,38)39)1-3-45-47(43,44)46-4-2-6(19,20)8(23,24)10(27,28)12(31,32)14(35,36)16(40,41)42/h1-4H2,(H,43,44). The lowest BCUT2D eigenvalue weighted by Gasteiger charge is -2.39. The number of alkyl halides is 26. The molecular formula is C16H9F26O4P. The fourth-order valence-corrected chi connectivity index (χ4v) is 3.25. The summed E-state index contributed by atoms with van der Waals surface area (Å²) in [5.41, 5.74) is 0. The molecule has 31 heteroatoms. The van der Waals surface area contributed by atoms with E-state index in [9.17, 15) is 119 Å². The van der Waals surface area contributed by atoms with Crippen molar-refractivity contribution in [2.45, 2.75) is 84.4 Å². The van der Waals surface area contributed by atoms with Crippen LogP contribution < -0.4 is 0 Å². The molecule has 0 bridgehead atoms. The van der Waals surface area contributed by atoms with Crippen LogP contribution in [0.2, 0.25) is 0 Å². The van der Waals surface area contributed by atoms with Crippen LogP contribution in [0.25, 0.3) is 0 Å². The van der Waals surface area contributed by atoms with Gasteiger partial charge in [0, 0.05) is 12.8 Å². The van der Waals surface area contributed by atoms with Crippen LogP contribution in [0.3, 0.4) is 0 Å². The van der Waals surface area contributed by atoms with E-state index in [1.807, 2.05) is 0 Å². The van der Waals surface area contributed by atoms with Gasteiger partial charge in [0.25, 0.3) is 0 Å². The van der Waals surface area contributed by atoms with Crippen LogP contribution >= 0.6 is 7.82 Å². The molecule has 0 saturated heterocycles. The first-order valence-corrected chi connectivity index (χ1v) is 11.9. The molecule has 0 saturated carbocycles. The maximum absolute atomic E-state index is 13.6. The molecule has 0 aliphatic rings. The third-order valence-corrected chi connectivity index (χ3v) is 6.36. The van der Waals surface area contributed by atoms with Gasteiger partial charge < -0.3 is 4.89 Å². The molecule has 0 aliphatic heterocycles. The van der Waals surface area contributed by atoms with E-state index < -0.39 is 105 Å². The summed E-state index contributed by atoms with van der Waals surface area (Å²) in [5.74, 6) is -79.5. The number of phosphoric ester groups is 1. The molecular weight excluding hydrogens is 781 g/mol. The van der Waals surface area contributed by atoms with Crippen molar-refractivity contribution in [3.8, 4) is 0 Å². The first kappa shape index (κ1) is 45.3. The predicted molar refractivity (Wildman–Crippen MR) is 92.5 cm³/mol. The number of hydrogen-bond donors (Lipinski definition) is 1. The largest absolute Gasteiger partial charge is 0.472 e. The van der Waals surface area contributed by atoms with E-state index in [0.29, 0.717) is 0 Å². The molecule has 0 atom stereocenters. The molecule has 0 aromatic rings. The fraction of sp³-hybridized carbons (Fsp3) is 1.00. The molecule has 1 N–H and O–H groups in total. The van der Waals surface area contributed by atoms with Crippen molar-refractivity contribution in [1.82, 2.24) is 0 Å². The Bertz CT molecular complexity index is 1050. The summed E-state index contributed by atoms with van der Waals surface area (Å²) in [4.78, 5) is 8.95. The number of phosphoric acid groups is 1. The molecule has 0 amide bonds. The molecule has 0 aromatic carbocycles. The highest BCUT2D eigenvalue weighted by Gasteiger charge is 2.92. The smallest absolute Gasteiger partial charge is 0.302 e. The van der Waals surface area contributed by atoms with Crippen LogP contribution in [0.1, 0.15) is 12.8 Å². The van der Waals surface area contributed by atoms with Gasteiger partial charge in [-0.05, 0) is 0 Å². The summed E-state index contributed by atoms with van der Waals surface area (Å²) >= 11 is 0. The van der Waals surface area contributed by atoms with Gasteiger partial charge in [0.2, 0.25) is 0 Å². The fourth-order valence-electron chi connectivity index (χ4n) is 2.53. The van der Waals surface area contributed by atoms with Gasteiger partial charge in [-0.25, -0.2) is 4.57 Å². The van der Waals surface area contributed by atoms with Crippen LogP contribution in [0.4, 0.5) is 114 Å². The molecule has 0 unspecified atom stereocenters. The van der Waals surface area contributed by atoms with Gasteiger partial charge in [0.15, 0.2) is 0 Å². The van der Waals surface area contributed by atoms with Crippen molar-refractivity contribution in [2.24, 2.45) is 0 Å². The van der Waals surface area contributed by atoms with Crippen LogP contribution in [0, 0.1) is 0 Å². The summed E-state index contributed by atoms with van der Waals surface area (Å²) in [6, 6.07) is 0. The molecule has 284 valence electrons. The Hall–Kier alpha value is -1.71. The highest BCUT2D eigenvalue weighted by atomic mass is 31.2. The van der Waals surface area contributed by atoms with Crippen molar-refractivity contribution >= 4 is 7.82 Å². The average molecular weight is 790 g/mol. The zero-order chi connectivity index (χ0) is 38.7. The Balaban J connectivity index is 5.81. The van der Waals surface area contributed by atoms with E-state index >= 15 is 0 Å². The number of rotatable bonds is 16. The van der Waals surface area contributed by atoms with E-state index in [-0.39, 0.29) is 0 Å². The van der Waals surface area contributed by atoms with Crippen molar-refractivity contribution in [1.29, 1.82) is 0 Å². The highest BCUT2D eigenvalue weighted by molar-refractivity contribution is 7.47. The molecule has 0 fully saturated rings. The SMILES string of the molecule is O=P(O)(OCCC(F)(F)C(F)(F)C(F)(F)C(F)(F)C(F)(F)C(F)(F)F)OCCC(F)(F)C(F)(F)C(F)(F)C(F)(F)C(F)(F)C(F)(F)F. The summed E-state index contributed by atoms with van der Waals surface area (Å²) in [7, 11) is -6.58. The second-order valence-electron chi connectivity index (χ2n) is 8.63. The lowest BCUT2D eigenvalue weighted by atomic mass is 9.93. The average Bonchev–Trinajstić information content (AvgIpc) is 2.80. The van der Waals surface area contributed by atoms with Crippen molar-refractivity contribution in [3.05, 3.63) is 0 Å². The number of halogens is 26. The van der Waals surface area contributed by atoms with E-state index in [1.165, 1.54) is 0 Å². The van der Waals surface area contributed by atoms with Crippen molar-refractivity contribution < 1.29 is 133 Å². The van der Waals surface area contributed by atoms with Crippen LogP contribution in [0.15, 0.2) is 0 Å². The molecule has 0 rings (SSSR count). The Morgan fingerprint density at radius 3 is 0.745 bits per heavy atom. The van der Waals surface area contributed by atoms with Gasteiger partial charge in [0.1, 0.15) is 0 Å². The Morgan fingerprint density at radius 2 is 0.553 bits per heavy atom. The highest BCUT2D eigenvalue weighted by Crippen LogP contribution is 2.62. The van der Waals surface area contributed by atoms with Gasteiger partial charge in [-0.2, -0.15) is 114 Å². The second kappa shape index (κ2) is 12.3. The van der Waals surface area contributed by atoms with E-state index in [0.717, 1.165) is 0 Å². The zero-order valence-electron chi connectivity index (χ0n) is 20.8.